The minimum absolute atomic E-state index is 0.468. The number of aromatic nitrogens is 4. The van der Waals surface area contributed by atoms with Crippen LogP contribution in [0.15, 0.2) is 18.7 Å². The number of hydrogen-bond acceptors (Lipinski definition) is 4. The fourth-order valence-corrected chi connectivity index (χ4v) is 2.53. The van der Waals surface area contributed by atoms with Crippen LogP contribution in [0.25, 0.3) is 5.95 Å². The largest absolute Gasteiger partial charge is 0.310 e. The molecule has 0 saturated carbocycles. The highest BCUT2D eigenvalue weighted by molar-refractivity contribution is 5.25. The van der Waals surface area contributed by atoms with E-state index in [0.29, 0.717) is 6.04 Å². The molecule has 2 heterocycles. The van der Waals surface area contributed by atoms with Gasteiger partial charge in [-0.15, -0.1) is 0 Å². The summed E-state index contributed by atoms with van der Waals surface area (Å²) in [4.78, 5) is 13.4. The lowest BCUT2D eigenvalue weighted by molar-refractivity contribution is 0.586. The zero-order valence-corrected chi connectivity index (χ0v) is 12.1. The molecule has 0 aliphatic heterocycles. The van der Waals surface area contributed by atoms with Crippen LogP contribution in [-0.2, 0) is 19.4 Å². The highest BCUT2D eigenvalue weighted by atomic mass is 15.2. The first kappa shape index (κ1) is 13.2. The second-order valence-electron chi connectivity index (χ2n) is 5.64. The first-order valence-electron chi connectivity index (χ1n) is 7.34. The van der Waals surface area contributed by atoms with Gasteiger partial charge in [0.05, 0.1) is 5.69 Å². The van der Waals surface area contributed by atoms with Crippen molar-refractivity contribution in [2.45, 2.75) is 52.1 Å². The van der Waals surface area contributed by atoms with E-state index >= 15 is 0 Å². The molecule has 1 aliphatic rings. The van der Waals surface area contributed by atoms with Crippen LogP contribution in [0.5, 0.6) is 0 Å². The summed E-state index contributed by atoms with van der Waals surface area (Å²) in [7, 11) is 0. The van der Waals surface area contributed by atoms with Crippen LogP contribution in [0.4, 0.5) is 0 Å². The molecule has 5 heteroatoms. The van der Waals surface area contributed by atoms with Crippen LogP contribution in [0.3, 0.4) is 0 Å². The van der Waals surface area contributed by atoms with Crippen LogP contribution in [-0.4, -0.2) is 25.6 Å². The van der Waals surface area contributed by atoms with Crippen molar-refractivity contribution < 1.29 is 0 Å². The fourth-order valence-electron chi connectivity index (χ4n) is 2.53. The van der Waals surface area contributed by atoms with Crippen molar-refractivity contribution in [1.29, 1.82) is 0 Å². The Morgan fingerprint density at radius 1 is 1.15 bits per heavy atom. The topological polar surface area (TPSA) is 55.6 Å². The van der Waals surface area contributed by atoms with Gasteiger partial charge in [0.15, 0.2) is 0 Å². The summed E-state index contributed by atoms with van der Waals surface area (Å²) < 4.78 is 2.04. The van der Waals surface area contributed by atoms with Gasteiger partial charge < -0.3 is 5.32 Å². The van der Waals surface area contributed by atoms with Crippen LogP contribution in [0, 0.1) is 0 Å². The molecular weight excluding hydrogens is 250 g/mol. The van der Waals surface area contributed by atoms with E-state index in [1.165, 1.54) is 24.2 Å². The van der Waals surface area contributed by atoms with Crippen molar-refractivity contribution in [3.05, 3.63) is 35.7 Å². The maximum Gasteiger partial charge on any atom is 0.235 e. The van der Waals surface area contributed by atoms with Crippen molar-refractivity contribution in [3.63, 3.8) is 0 Å². The molecule has 3 rings (SSSR count). The molecule has 5 nitrogen and oxygen atoms in total. The van der Waals surface area contributed by atoms with Gasteiger partial charge in [-0.05, 0) is 25.7 Å². The highest BCUT2D eigenvalue weighted by Crippen LogP contribution is 2.21. The van der Waals surface area contributed by atoms with E-state index in [2.05, 4.69) is 34.1 Å². The van der Waals surface area contributed by atoms with Gasteiger partial charge in [0.25, 0.3) is 0 Å². The Labute approximate surface area is 119 Å². The maximum atomic E-state index is 4.49. The Bertz CT molecular complexity index is 570. The van der Waals surface area contributed by atoms with E-state index in [4.69, 9.17) is 0 Å². The summed E-state index contributed by atoms with van der Waals surface area (Å²) >= 11 is 0. The summed E-state index contributed by atoms with van der Waals surface area (Å²) in [5, 5.41) is 3.37. The van der Waals surface area contributed by atoms with E-state index in [1.807, 2.05) is 23.3 Å². The summed E-state index contributed by atoms with van der Waals surface area (Å²) in [6.07, 6.45) is 10.3. The molecule has 0 amide bonds. The van der Waals surface area contributed by atoms with Crippen molar-refractivity contribution in [1.82, 2.24) is 24.8 Å². The SMILES string of the molecule is CC(C)NCc1cnc(-n2cnc3c2CCCC3)nc1. The van der Waals surface area contributed by atoms with E-state index in [-0.39, 0.29) is 0 Å². The molecule has 1 N–H and O–H groups in total. The summed E-state index contributed by atoms with van der Waals surface area (Å²) in [5.74, 6) is 0.731. The van der Waals surface area contributed by atoms with Gasteiger partial charge in [-0.2, -0.15) is 0 Å². The average Bonchev–Trinajstić information content (AvgIpc) is 2.89. The maximum absolute atomic E-state index is 4.49. The predicted octanol–water partition coefficient (Wildman–Crippen LogP) is 2.04. The van der Waals surface area contributed by atoms with Crippen LogP contribution in [0.1, 0.15) is 43.6 Å². The van der Waals surface area contributed by atoms with Crippen LogP contribution in [0.2, 0.25) is 0 Å². The van der Waals surface area contributed by atoms with Gasteiger partial charge in [-0.1, -0.05) is 13.8 Å². The zero-order chi connectivity index (χ0) is 13.9. The number of aryl methyl sites for hydroxylation is 1. The molecule has 0 saturated heterocycles. The minimum Gasteiger partial charge on any atom is -0.310 e. The summed E-state index contributed by atoms with van der Waals surface area (Å²) in [5.41, 5.74) is 3.60. The highest BCUT2D eigenvalue weighted by Gasteiger charge is 2.17. The smallest absolute Gasteiger partial charge is 0.235 e. The van der Waals surface area contributed by atoms with E-state index in [1.54, 1.807) is 0 Å². The Morgan fingerprint density at radius 3 is 2.65 bits per heavy atom. The van der Waals surface area contributed by atoms with Crippen molar-refractivity contribution in [3.8, 4) is 5.95 Å². The molecule has 2 aromatic heterocycles. The second-order valence-corrected chi connectivity index (χ2v) is 5.64. The summed E-state index contributed by atoms with van der Waals surface area (Å²) in [6.45, 7) is 5.07. The molecule has 106 valence electrons. The molecule has 1 aliphatic carbocycles. The number of imidazole rings is 1. The van der Waals surface area contributed by atoms with Crippen molar-refractivity contribution in [2.75, 3.05) is 0 Å². The van der Waals surface area contributed by atoms with Crippen molar-refractivity contribution in [2.24, 2.45) is 0 Å². The van der Waals surface area contributed by atoms with Crippen LogP contribution >= 0.6 is 0 Å². The minimum atomic E-state index is 0.468. The molecule has 0 spiro atoms. The lowest BCUT2D eigenvalue weighted by Gasteiger charge is -2.13. The fraction of sp³-hybridized carbons (Fsp3) is 0.533. The molecule has 0 radical (unpaired) electrons. The molecule has 0 unspecified atom stereocenters. The molecule has 0 atom stereocenters. The van der Waals surface area contributed by atoms with Gasteiger partial charge in [0.2, 0.25) is 5.95 Å². The Balaban J connectivity index is 1.79. The van der Waals surface area contributed by atoms with Gasteiger partial charge in [-0.3, -0.25) is 4.57 Å². The van der Waals surface area contributed by atoms with Crippen molar-refractivity contribution >= 4 is 0 Å². The number of hydrogen-bond donors (Lipinski definition) is 1. The quantitative estimate of drug-likeness (QED) is 0.924. The third-order valence-corrected chi connectivity index (χ3v) is 3.65. The lowest BCUT2D eigenvalue weighted by Crippen LogP contribution is -2.22. The Hall–Kier alpha value is -1.75. The zero-order valence-electron chi connectivity index (χ0n) is 12.1. The number of nitrogens with zero attached hydrogens (tertiary/aromatic N) is 4. The molecular formula is C15H21N5. The number of rotatable bonds is 4. The van der Waals surface area contributed by atoms with Crippen LogP contribution < -0.4 is 5.32 Å². The lowest BCUT2D eigenvalue weighted by atomic mass is 10.0. The molecule has 2 aromatic rings. The van der Waals surface area contributed by atoms with E-state index in [0.717, 1.165) is 30.9 Å². The van der Waals surface area contributed by atoms with Gasteiger partial charge in [0, 0.05) is 36.2 Å². The van der Waals surface area contributed by atoms with Gasteiger partial charge >= 0.3 is 0 Å². The monoisotopic (exact) mass is 271 g/mol. The predicted molar refractivity (Wildman–Crippen MR) is 77.8 cm³/mol. The van der Waals surface area contributed by atoms with E-state index < -0.39 is 0 Å². The standard InChI is InChI=1S/C15H21N5/c1-11(2)16-7-12-8-17-15(18-9-12)20-10-19-13-5-3-4-6-14(13)20/h8-11,16H,3-7H2,1-2H3. The van der Waals surface area contributed by atoms with Gasteiger partial charge in [-0.25, -0.2) is 15.0 Å². The molecule has 0 aromatic carbocycles. The second kappa shape index (κ2) is 5.71. The normalized spacial score (nSPS) is 14.6. The summed E-state index contributed by atoms with van der Waals surface area (Å²) in [6, 6.07) is 0.468. The van der Waals surface area contributed by atoms with Gasteiger partial charge in [0.1, 0.15) is 6.33 Å². The third-order valence-electron chi connectivity index (χ3n) is 3.65. The molecule has 20 heavy (non-hydrogen) atoms. The number of fused-ring (bicyclic) bond motifs is 1. The number of nitrogens with one attached hydrogen (secondary N) is 1. The average molecular weight is 271 g/mol. The third kappa shape index (κ3) is 2.72. The molecule has 0 bridgehead atoms. The first-order chi connectivity index (χ1) is 9.74. The Morgan fingerprint density at radius 2 is 1.90 bits per heavy atom. The first-order valence-corrected chi connectivity index (χ1v) is 7.34. The van der Waals surface area contributed by atoms with E-state index in [9.17, 15) is 0 Å². The Kier molecular flexibility index (Phi) is 3.78. The molecule has 0 fully saturated rings.